The van der Waals surface area contributed by atoms with Gasteiger partial charge in [-0.3, -0.25) is 9.10 Å². The van der Waals surface area contributed by atoms with Gasteiger partial charge in [0.05, 0.1) is 21.5 Å². The highest BCUT2D eigenvalue weighted by molar-refractivity contribution is 7.93. The molecule has 0 unspecified atom stereocenters. The standard InChI is InChI=1S/C25H26N2O7S2/c1-18(19-8-11-21(12-9-19)35(2,29)30)26-25(28)17-27(36(31,32)22-6-4-3-5-7-22)20-10-13-23-24(16-20)34-15-14-33-23/h3-13,16,18H,14-15,17H2,1-2H3,(H,26,28)/t18-/m0/s1. The van der Waals surface area contributed by atoms with Gasteiger partial charge in [0.15, 0.2) is 21.3 Å². The van der Waals surface area contributed by atoms with Crippen LogP contribution in [0.25, 0.3) is 0 Å². The van der Waals surface area contributed by atoms with Crippen LogP contribution in [0, 0.1) is 0 Å². The molecule has 3 aromatic rings. The van der Waals surface area contributed by atoms with Crippen LogP contribution in [0.15, 0.2) is 82.6 Å². The van der Waals surface area contributed by atoms with Crippen LogP contribution in [0.5, 0.6) is 11.5 Å². The van der Waals surface area contributed by atoms with E-state index in [0.29, 0.717) is 30.3 Å². The van der Waals surface area contributed by atoms with Crippen molar-refractivity contribution in [3.8, 4) is 11.5 Å². The highest BCUT2D eigenvalue weighted by Gasteiger charge is 2.29. The SMILES string of the molecule is C[C@H](NC(=O)CN(c1ccc2c(c1)OCCO2)S(=O)(=O)c1ccccc1)c1ccc(S(C)(=O)=O)cc1. The van der Waals surface area contributed by atoms with Crippen molar-refractivity contribution in [2.24, 2.45) is 0 Å². The summed E-state index contributed by atoms with van der Waals surface area (Å²) in [7, 11) is -7.43. The number of carbonyl (C=O) groups is 1. The summed E-state index contributed by atoms with van der Waals surface area (Å²) < 4.78 is 62.6. The van der Waals surface area contributed by atoms with Crippen molar-refractivity contribution >= 4 is 31.5 Å². The minimum atomic E-state index is -4.09. The quantitative estimate of drug-likeness (QED) is 0.476. The largest absolute Gasteiger partial charge is 0.486 e. The van der Waals surface area contributed by atoms with E-state index in [-0.39, 0.29) is 15.5 Å². The van der Waals surface area contributed by atoms with Gasteiger partial charge in [-0.2, -0.15) is 0 Å². The van der Waals surface area contributed by atoms with Gasteiger partial charge in [-0.05, 0) is 48.9 Å². The van der Waals surface area contributed by atoms with E-state index in [1.807, 2.05) is 0 Å². The van der Waals surface area contributed by atoms with Gasteiger partial charge in [0.25, 0.3) is 10.0 Å². The number of amides is 1. The van der Waals surface area contributed by atoms with Crippen LogP contribution in [0.4, 0.5) is 5.69 Å². The molecule has 1 amide bonds. The van der Waals surface area contributed by atoms with E-state index in [2.05, 4.69) is 5.32 Å². The lowest BCUT2D eigenvalue weighted by Crippen LogP contribution is -2.41. The molecule has 0 spiro atoms. The Labute approximate surface area is 210 Å². The minimum Gasteiger partial charge on any atom is -0.486 e. The summed E-state index contributed by atoms with van der Waals surface area (Å²) in [5.41, 5.74) is 0.927. The van der Waals surface area contributed by atoms with E-state index < -0.39 is 38.4 Å². The van der Waals surface area contributed by atoms with Crippen LogP contribution in [0.3, 0.4) is 0 Å². The molecule has 3 aromatic carbocycles. The lowest BCUT2D eigenvalue weighted by molar-refractivity contribution is -0.120. The highest BCUT2D eigenvalue weighted by atomic mass is 32.2. The number of hydrogen-bond donors (Lipinski definition) is 1. The maximum atomic E-state index is 13.5. The first-order valence-electron chi connectivity index (χ1n) is 11.1. The maximum absolute atomic E-state index is 13.5. The van der Waals surface area contributed by atoms with Gasteiger partial charge in [0.1, 0.15) is 19.8 Å². The van der Waals surface area contributed by atoms with Gasteiger partial charge in [-0.15, -0.1) is 0 Å². The number of fused-ring (bicyclic) bond motifs is 1. The molecule has 0 aliphatic carbocycles. The third-order valence-electron chi connectivity index (χ3n) is 5.62. The van der Waals surface area contributed by atoms with Gasteiger partial charge in [-0.25, -0.2) is 16.8 Å². The molecule has 0 saturated carbocycles. The average Bonchev–Trinajstić information content (AvgIpc) is 2.87. The lowest BCUT2D eigenvalue weighted by atomic mass is 10.1. The summed E-state index contributed by atoms with van der Waals surface area (Å²) in [6.45, 7) is 1.97. The summed E-state index contributed by atoms with van der Waals surface area (Å²) in [6.07, 6.45) is 1.12. The van der Waals surface area contributed by atoms with Crippen LogP contribution < -0.4 is 19.1 Å². The molecule has 0 fully saturated rings. The Morgan fingerprint density at radius 1 is 0.889 bits per heavy atom. The van der Waals surface area contributed by atoms with Crippen LogP contribution in [0.1, 0.15) is 18.5 Å². The minimum absolute atomic E-state index is 0.0390. The number of anilines is 1. The Kier molecular flexibility index (Phi) is 7.23. The van der Waals surface area contributed by atoms with Gasteiger partial charge >= 0.3 is 0 Å². The molecule has 1 atom stereocenters. The molecule has 4 rings (SSSR count). The van der Waals surface area contributed by atoms with Gasteiger partial charge in [0, 0.05) is 12.3 Å². The molecule has 1 N–H and O–H groups in total. The zero-order chi connectivity index (χ0) is 25.9. The summed E-state index contributed by atoms with van der Waals surface area (Å²) in [5, 5.41) is 2.79. The molecule has 0 aromatic heterocycles. The third kappa shape index (κ3) is 5.63. The summed E-state index contributed by atoms with van der Waals surface area (Å²) in [4.78, 5) is 13.2. The third-order valence-corrected chi connectivity index (χ3v) is 8.53. The zero-order valence-corrected chi connectivity index (χ0v) is 21.4. The maximum Gasteiger partial charge on any atom is 0.264 e. The zero-order valence-electron chi connectivity index (χ0n) is 19.7. The number of carbonyl (C=O) groups excluding carboxylic acids is 1. The smallest absolute Gasteiger partial charge is 0.264 e. The highest BCUT2D eigenvalue weighted by Crippen LogP contribution is 2.35. The van der Waals surface area contributed by atoms with Crippen molar-refractivity contribution in [3.63, 3.8) is 0 Å². The molecule has 190 valence electrons. The first-order valence-corrected chi connectivity index (χ1v) is 14.5. The number of nitrogens with one attached hydrogen (secondary N) is 1. The molecule has 1 aliphatic heterocycles. The first-order chi connectivity index (χ1) is 17.1. The average molecular weight is 531 g/mol. The number of hydrogen-bond acceptors (Lipinski definition) is 7. The van der Waals surface area contributed by atoms with E-state index in [1.54, 1.807) is 49.4 Å². The molecule has 11 heteroatoms. The molecule has 9 nitrogen and oxygen atoms in total. The Balaban J connectivity index is 1.60. The lowest BCUT2D eigenvalue weighted by Gasteiger charge is -2.27. The van der Waals surface area contributed by atoms with Crippen LogP contribution in [-0.4, -0.2) is 48.8 Å². The van der Waals surface area contributed by atoms with Gasteiger partial charge < -0.3 is 14.8 Å². The fourth-order valence-electron chi connectivity index (χ4n) is 3.73. The summed E-state index contributed by atoms with van der Waals surface area (Å²) in [5.74, 6) is 0.355. The number of sulfone groups is 1. The summed E-state index contributed by atoms with van der Waals surface area (Å²) in [6, 6.07) is 18.2. The predicted octanol–water partition coefficient (Wildman–Crippen LogP) is 2.93. The molecule has 0 bridgehead atoms. The van der Waals surface area contributed by atoms with Crippen molar-refractivity contribution < 1.29 is 31.1 Å². The van der Waals surface area contributed by atoms with Crippen LogP contribution in [0.2, 0.25) is 0 Å². The molecule has 0 radical (unpaired) electrons. The van der Waals surface area contributed by atoms with Crippen molar-refractivity contribution in [2.45, 2.75) is 22.8 Å². The number of rotatable bonds is 8. The van der Waals surface area contributed by atoms with Crippen molar-refractivity contribution in [3.05, 3.63) is 78.4 Å². The van der Waals surface area contributed by atoms with Gasteiger partial charge in [0.2, 0.25) is 5.91 Å². The fourth-order valence-corrected chi connectivity index (χ4v) is 5.79. The van der Waals surface area contributed by atoms with E-state index in [9.17, 15) is 21.6 Å². The number of sulfonamides is 1. The number of nitrogens with zero attached hydrogens (tertiary/aromatic N) is 1. The van der Waals surface area contributed by atoms with Gasteiger partial charge in [-0.1, -0.05) is 30.3 Å². The second-order valence-electron chi connectivity index (χ2n) is 8.28. The second-order valence-corrected chi connectivity index (χ2v) is 12.2. The van der Waals surface area contributed by atoms with E-state index in [0.717, 1.165) is 10.6 Å². The topological polar surface area (TPSA) is 119 Å². The summed E-state index contributed by atoms with van der Waals surface area (Å²) >= 11 is 0. The number of ether oxygens (including phenoxy) is 2. The Bertz CT molecular complexity index is 1460. The fraction of sp³-hybridized carbons (Fsp3) is 0.240. The Morgan fingerprint density at radius 3 is 2.17 bits per heavy atom. The molecule has 1 heterocycles. The van der Waals surface area contributed by atoms with E-state index >= 15 is 0 Å². The van der Waals surface area contributed by atoms with E-state index in [1.165, 1.54) is 30.3 Å². The second kappa shape index (κ2) is 10.2. The molecular formula is C25H26N2O7S2. The van der Waals surface area contributed by atoms with Crippen molar-refractivity contribution in [1.82, 2.24) is 5.32 Å². The predicted molar refractivity (Wildman–Crippen MR) is 135 cm³/mol. The van der Waals surface area contributed by atoms with E-state index in [4.69, 9.17) is 9.47 Å². The van der Waals surface area contributed by atoms with Crippen LogP contribution in [-0.2, 0) is 24.7 Å². The molecule has 36 heavy (non-hydrogen) atoms. The normalized spacial score (nSPS) is 14.1. The number of benzene rings is 3. The monoisotopic (exact) mass is 530 g/mol. The molecule has 1 aliphatic rings. The first kappa shape index (κ1) is 25.5. The Hall–Kier alpha value is -3.57. The van der Waals surface area contributed by atoms with Crippen molar-refractivity contribution in [2.75, 3.05) is 30.3 Å². The molecule has 0 saturated heterocycles. The Morgan fingerprint density at radius 2 is 1.53 bits per heavy atom. The van der Waals surface area contributed by atoms with Crippen LogP contribution >= 0.6 is 0 Å². The molecular weight excluding hydrogens is 504 g/mol. The van der Waals surface area contributed by atoms with Crippen molar-refractivity contribution in [1.29, 1.82) is 0 Å².